The Bertz CT molecular complexity index is 966. The largest absolute Gasteiger partial charge is 0.480 e. The minimum absolute atomic E-state index is 0.0870. The van der Waals surface area contributed by atoms with Gasteiger partial charge in [0.2, 0.25) is 5.91 Å². The molecule has 0 unspecified atom stereocenters. The fourth-order valence-electron chi connectivity index (χ4n) is 4.10. The van der Waals surface area contributed by atoms with E-state index in [2.05, 4.69) is 17.4 Å². The van der Waals surface area contributed by atoms with Crippen molar-refractivity contribution in [1.82, 2.24) is 10.2 Å². The van der Waals surface area contributed by atoms with Gasteiger partial charge >= 0.3 is 12.1 Å². The first kappa shape index (κ1) is 23.3. The molecule has 0 heterocycles. The minimum atomic E-state index is -1.10. The molecule has 0 bridgehead atoms. The van der Waals surface area contributed by atoms with Crippen molar-refractivity contribution in [2.75, 3.05) is 19.7 Å². The Morgan fingerprint density at radius 1 is 1.03 bits per heavy atom. The van der Waals surface area contributed by atoms with Gasteiger partial charge in [0.15, 0.2) is 0 Å². The molecule has 1 atom stereocenters. The highest BCUT2D eigenvalue weighted by Crippen LogP contribution is 2.44. The molecule has 1 aliphatic carbocycles. The molecule has 2 aromatic rings. The molecule has 0 saturated heterocycles. The lowest BCUT2D eigenvalue weighted by atomic mass is 9.86. The number of rotatable bonds is 7. The lowest BCUT2D eigenvalue weighted by Crippen LogP contribution is -2.55. The summed E-state index contributed by atoms with van der Waals surface area (Å²) in [4.78, 5) is 38.0. The van der Waals surface area contributed by atoms with Crippen LogP contribution in [0.15, 0.2) is 48.5 Å². The van der Waals surface area contributed by atoms with E-state index in [1.807, 2.05) is 57.2 Å². The summed E-state index contributed by atoms with van der Waals surface area (Å²) < 4.78 is 5.57. The number of alkyl carbamates (subject to hydrolysis) is 1. The zero-order valence-corrected chi connectivity index (χ0v) is 18.9. The van der Waals surface area contributed by atoms with Crippen molar-refractivity contribution in [2.45, 2.75) is 39.7 Å². The van der Waals surface area contributed by atoms with Crippen LogP contribution < -0.4 is 5.32 Å². The molecule has 0 saturated carbocycles. The Kier molecular flexibility index (Phi) is 6.87. The number of hydrogen-bond donors (Lipinski definition) is 2. The predicted octanol–water partition coefficient (Wildman–Crippen LogP) is 3.87. The lowest BCUT2D eigenvalue weighted by Gasteiger charge is -2.33. The molecule has 1 aliphatic rings. The zero-order chi connectivity index (χ0) is 23.5. The first-order chi connectivity index (χ1) is 15.1. The van der Waals surface area contributed by atoms with E-state index in [1.165, 1.54) is 4.90 Å². The zero-order valence-electron chi connectivity index (χ0n) is 18.9. The molecule has 0 aliphatic heterocycles. The third-order valence-electron chi connectivity index (χ3n) is 5.74. The van der Waals surface area contributed by atoms with E-state index in [0.29, 0.717) is 0 Å². The Hall–Kier alpha value is -3.35. The Morgan fingerprint density at radius 3 is 2.03 bits per heavy atom. The average Bonchev–Trinajstić information content (AvgIpc) is 3.07. The third kappa shape index (κ3) is 4.93. The van der Waals surface area contributed by atoms with E-state index in [9.17, 15) is 14.4 Å². The number of ether oxygens (including phenoxy) is 1. The van der Waals surface area contributed by atoms with Gasteiger partial charge in [-0.1, -0.05) is 69.3 Å². The normalized spacial score (nSPS) is 13.6. The third-order valence-corrected chi connectivity index (χ3v) is 5.74. The van der Waals surface area contributed by atoms with E-state index < -0.39 is 36.0 Å². The van der Waals surface area contributed by atoms with Crippen LogP contribution in [0, 0.1) is 5.41 Å². The molecule has 2 aromatic carbocycles. The van der Waals surface area contributed by atoms with Crippen LogP contribution in [-0.2, 0) is 14.3 Å². The summed E-state index contributed by atoms with van der Waals surface area (Å²) >= 11 is 0. The Balaban J connectivity index is 1.72. The number of aliphatic carboxylic acids is 1. The SMILES string of the molecule is CCN(CC(=O)O)C(=O)[C@H](NC(=O)OCC1c2ccccc2-c2ccccc21)C(C)(C)C. The molecule has 32 heavy (non-hydrogen) atoms. The van der Waals surface area contributed by atoms with Crippen LogP contribution in [0.1, 0.15) is 44.7 Å². The maximum atomic E-state index is 13.0. The van der Waals surface area contributed by atoms with Crippen LogP contribution in [0.5, 0.6) is 0 Å². The summed E-state index contributed by atoms with van der Waals surface area (Å²) in [6.07, 6.45) is -0.702. The van der Waals surface area contributed by atoms with Crippen molar-refractivity contribution in [3.05, 3.63) is 59.7 Å². The number of fused-ring (bicyclic) bond motifs is 3. The molecular weight excluding hydrogens is 408 g/mol. The summed E-state index contributed by atoms with van der Waals surface area (Å²) in [5.74, 6) is -1.64. The van der Waals surface area contributed by atoms with Crippen molar-refractivity contribution in [1.29, 1.82) is 0 Å². The molecule has 170 valence electrons. The Morgan fingerprint density at radius 2 is 1.56 bits per heavy atom. The average molecular weight is 439 g/mol. The molecule has 7 nitrogen and oxygen atoms in total. The van der Waals surface area contributed by atoms with Crippen LogP contribution in [0.4, 0.5) is 4.79 Å². The van der Waals surface area contributed by atoms with E-state index >= 15 is 0 Å². The number of benzene rings is 2. The smallest absolute Gasteiger partial charge is 0.407 e. The van der Waals surface area contributed by atoms with Crippen LogP contribution in [-0.4, -0.2) is 53.7 Å². The van der Waals surface area contributed by atoms with Gasteiger partial charge in [-0.2, -0.15) is 0 Å². The van der Waals surface area contributed by atoms with Gasteiger partial charge in [0.1, 0.15) is 19.2 Å². The molecule has 7 heteroatoms. The maximum Gasteiger partial charge on any atom is 0.407 e. The van der Waals surface area contributed by atoms with Gasteiger partial charge in [-0.3, -0.25) is 9.59 Å². The fraction of sp³-hybridized carbons (Fsp3) is 0.400. The molecule has 2 amide bonds. The fourth-order valence-corrected chi connectivity index (χ4v) is 4.10. The first-order valence-electron chi connectivity index (χ1n) is 10.8. The number of hydrogen-bond acceptors (Lipinski definition) is 4. The van der Waals surface area contributed by atoms with Crippen molar-refractivity contribution in [3.63, 3.8) is 0 Å². The molecule has 0 radical (unpaired) electrons. The predicted molar refractivity (Wildman–Crippen MR) is 121 cm³/mol. The van der Waals surface area contributed by atoms with Crippen molar-refractivity contribution in [2.24, 2.45) is 5.41 Å². The summed E-state index contributed by atoms with van der Waals surface area (Å²) in [5.41, 5.74) is 3.83. The Labute approximate surface area is 188 Å². The second-order valence-electron chi connectivity index (χ2n) is 9.02. The molecule has 0 fully saturated rings. The number of carbonyl (C=O) groups excluding carboxylic acids is 2. The molecule has 0 spiro atoms. The standard InChI is InChI=1S/C25H30N2O5/c1-5-27(14-21(28)29)23(30)22(25(2,3)4)26-24(31)32-15-20-18-12-8-6-10-16(18)17-11-7-9-13-19(17)20/h6-13,20,22H,5,14-15H2,1-4H3,(H,26,31)(H,28,29)/t22-/m0/s1. The van der Waals surface area contributed by atoms with Crippen LogP contribution in [0.25, 0.3) is 11.1 Å². The van der Waals surface area contributed by atoms with E-state index in [-0.39, 0.29) is 19.1 Å². The number of amides is 2. The highest BCUT2D eigenvalue weighted by Gasteiger charge is 2.37. The lowest BCUT2D eigenvalue weighted by molar-refractivity contribution is -0.146. The second-order valence-corrected chi connectivity index (χ2v) is 9.02. The van der Waals surface area contributed by atoms with E-state index in [4.69, 9.17) is 9.84 Å². The minimum Gasteiger partial charge on any atom is -0.480 e. The highest BCUT2D eigenvalue weighted by molar-refractivity contribution is 5.88. The van der Waals surface area contributed by atoms with Crippen LogP contribution >= 0.6 is 0 Å². The summed E-state index contributed by atoms with van der Waals surface area (Å²) in [7, 11) is 0. The molecular formula is C25H30N2O5. The first-order valence-corrected chi connectivity index (χ1v) is 10.8. The highest BCUT2D eigenvalue weighted by atomic mass is 16.5. The summed E-state index contributed by atoms with van der Waals surface area (Å²) in [5, 5.41) is 11.8. The van der Waals surface area contributed by atoms with Gasteiger partial charge in [0.05, 0.1) is 0 Å². The molecule has 3 rings (SSSR count). The van der Waals surface area contributed by atoms with Gasteiger partial charge in [-0.25, -0.2) is 4.79 Å². The van der Waals surface area contributed by atoms with Gasteiger partial charge in [-0.05, 0) is 34.6 Å². The van der Waals surface area contributed by atoms with Crippen molar-refractivity contribution < 1.29 is 24.2 Å². The van der Waals surface area contributed by atoms with E-state index in [0.717, 1.165) is 22.3 Å². The number of carboxylic acid groups (broad SMARTS) is 1. The van der Waals surface area contributed by atoms with Crippen LogP contribution in [0.2, 0.25) is 0 Å². The number of nitrogens with zero attached hydrogens (tertiary/aromatic N) is 1. The number of carboxylic acids is 1. The summed E-state index contributed by atoms with van der Waals surface area (Å²) in [6, 6.07) is 15.2. The topological polar surface area (TPSA) is 95.9 Å². The molecule has 2 N–H and O–H groups in total. The number of carbonyl (C=O) groups is 3. The van der Waals surface area contributed by atoms with Gasteiger partial charge in [0, 0.05) is 12.5 Å². The maximum absolute atomic E-state index is 13.0. The van der Waals surface area contributed by atoms with Gasteiger partial charge < -0.3 is 20.1 Å². The number of likely N-dealkylation sites (N-methyl/N-ethyl adjacent to an activating group) is 1. The van der Waals surface area contributed by atoms with E-state index in [1.54, 1.807) is 6.92 Å². The second kappa shape index (κ2) is 9.42. The molecule has 0 aromatic heterocycles. The van der Waals surface area contributed by atoms with Gasteiger partial charge in [0.25, 0.3) is 0 Å². The quantitative estimate of drug-likeness (QED) is 0.684. The van der Waals surface area contributed by atoms with Crippen molar-refractivity contribution >= 4 is 18.0 Å². The van der Waals surface area contributed by atoms with Crippen molar-refractivity contribution in [3.8, 4) is 11.1 Å². The van der Waals surface area contributed by atoms with Gasteiger partial charge in [-0.15, -0.1) is 0 Å². The monoisotopic (exact) mass is 438 g/mol. The number of nitrogens with one attached hydrogen (secondary N) is 1. The van der Waals surface area contributed by atoms with Crippen LogP contribution in [0.3, 0.4) is 0 Å². The summed E-state index contributed by atoms with van der Waals surface area (Å²) in [6.45, 7) is 7.08.